The molecule has 0 saturated heterocycles. The minimum Gasteiger partial charge on any atom is -0.476 e. The van der Waals surface area contributed by atoms with Crippen LogP contribution in [-0.4, -0.2) is 52.9 Å². The number of carbonyl (C=O) groups is 1. The number of carboxylic acid groups (broad SMARTS) is 1. The van der Waals surface area contributed by atoms with Crippen LogP contribution in [0.25, 0.3) is 10.9 Å². The maximum absolute atomic E-state index is 12.1. The summed E-state index contributed by atoms with van der Waals surface area (Å²) in [7, 11) is 1.55. The van der Waals surface area contributed by atoms with Gasteiger partial charge < -0.3 is 19.1 Å². The zero-order chi connectivity index (χ0) is 15.4. The Kier molecular flexibility index (Phi) is 4.66. The highest BCUT2D eigenvalue weighted by Crippen LogP contribution is 2.17. The van der Waals surface area contributed by atoms with E-state index < -0.39 is 11.5 Å². The van der Waals surface area contributed by atoms with Crippen LogP contribution in [0.2, 0.25) is 0 Å². The average Bonchev–Trinajstić information content (AvgIpc) is 2.83. The van der Waals surface area contributed by atoms with Crippen LogP contribution < -0.4 is 5.56 Å². The molecule has 0 radical (unpaired) electrons. The number of methoxy groups -OCH3 is 1. The average molecular weight is 297 g/mol. The Bertz CT molecular complexity index is 705. The molecule has 1 N–H and O–H groups in total. The maximum atomic E-state index is 12.1. The Morgan fingerprint density at radius 3 is 2.81 bits per heavy atom. The molecule has 21 heavy (non-hydrogen) atoms. The molecule has 0 aliphatic carbocycles. The highest BCUT2D eigenvalue weighted by Gasteiger charge is 2.21. The number of hydrogen-bond donors (Lipinski definition) is 1. The van der Waals surface area contributed by atoms with E-state index in [1.807, 2.05) is 0 Å². The number of nitrogens with zero attached hydrogens (tertiary/aromatic N) is 3. The Morgan fingerprint density at radius 1 is 1.38 bits per heavy atom. The highest BCUT2D eigenvalue weighted by atomic mass is 16.5. The fourth-order valence-electron chi connectivity index (χ4n) is 1.83. The molecule has 9 heteroatoms. The summed E-state index contributed by atoms with van der Waals surface area (Å²) in [5.41, 5.74) is -0.820. The third-order valence-electron chi connectivity index (χ3n) is 2.84. The third kappa shape index (κ3) is 3.09. The van der Waals surface area contributed by atoms with Crippen molar-refractivity contribution in [1.29, 1.82) is 0 Å². The summed E-state index contributed by atoms with van der Waals surface area (Å²) in [6.07, 6.45) is 0. The fraction of sp³-hybridized carbons (Fsp3) is 0.500. The van der Waals surface area contributed by atoms with E-state index in [9.17, 15) is 14.7 Å². The van der Waals surface area contributed by atoms with E-state index in [0.717, 1.165) is 4.68 Å². The molecule has 2 aromatic rings. The van der Waals surface area contributed by atoms with Crippen LogP contribution in [0, 0.1) is 6.92 Å². The van der Waals surface area contributed by atoms with Gasteiger partial charge in [-0.2, -0.15) is 5.10 Å². The number of fused-ring (bicyclic) bond motifs is 1. The van der Waals surface area contributed by atoms with Crippen LogP contribution in [0.4, 0.5) is 0 Å². The van der Waals surface area contributed by atoms with Gasteiger partial charge in [0, 0.05) is 7.11 Å². The molecule has 2 heterocycles. The molecule has 0 aromatic carbocycles. The number of aryl methyl sites for hydroxylation is 1. The standard InChI is InChI=1S/C12H15N3O6/c1-7-8-9(14-21-7)11(16)15(13-10(8)12(17)18)3-4-20-6-5-19-2/h3-6H2,1-2H3,(H,17,18). The molecule has 0 unspecified atom stereocenters. The second-order valence-corrected chi connectivity index (χ2v) is 4.25. The lowest BCUT2D eigenvalue weighted by Gasteiger charge is -2.07. The normalized spacial score (nSPS) is 11.1. The van der Waals surface area contributed by atoms with E-state index in [1.165, 1.54) is 6.92 Å². The smallest absolute Gasteiger partial charge is 0.357 e. The monoisotopic (exact) mass is 297 g/mol. The van der Waals surface area contributed by atoms with E-state index in [0.29, 0.717) is 13.2 Å². The molecule has 0 fully saturated rings. The highest BCUT2D eigenvalue weighted by molar-refractivity contribution is 6.00. The summed E-state index contributed by atoms with van der Waals surface area (Å²) in [4.78, 5) is 23.4. The van der Waals surface area contributed by atoms with Crippen LogP contribution in [0.3, 0.4) is 0 Å². The van der Waals surface area contributed by atoms with Crippen LogP contribution in [-0.2, 0) is 16.0 Å². The molecule has 2 rings (SSSR count). The lowest BCUT2D eigenvalue weighted by atomic mass is 10.2. The number of aromatic nitrogens is 3. The largest absolute Gasteiger partial charge is 0.476 e. The van der Waals surface area contributed by atoms with Crippen LogP contribution >= 0.6 is 0 Å². The van der Waals surface area contributed by atoms with Crippen molar-refractivity contribution in [2.45, 2.75) is 13.5 Å². The quantitative estimate of drug-likeness (QED) is 0.713. The first-order valence-corrected chi connectivity index (χ1v) is 6.23. The third-order valence-corrected chi connectivity index (χ3v) is 2.84. The van der Waals surface area contributed by atoms with Crippen molar-refractivity contribution < 1.29 is 23.9 Å². The van der Waals surface area contributed by atoms with Gasteiger partial charge >= 0.3 is 5.97 Å². The predicted octanol–water partition coefficient (Wildman–Crippen LogP) is 0.0541. The first-order valence-electron chi connectivity index (χ1n) is 6.23. The Labute approximate surface area is 119 Å². The summed E-state index contributed by atoms with van der Waals surface area (Å²) < 4.78 is 16.0. The van der Waals surface area contributed by atoms with Crippen molar-refractivity contribution in [2.24, 2.45) is 0 Å². The van der Waals surface area contributed by atoms with Crippen LogP contribution in [0.1, 0.15) is 16.2 Å². The van der Waals surface area contributed by atoms with Crippen molar-refractivity contribution in [3.05, 3.63) is 21.8 Å². The Morgan fingerprint density at radius 2 is 2.14 bits per heavy atom. The van der Waals surface area contributed by atoms with Gasteiger partial charge in [-0.05, 0) is 6.92 Å². The lowest BCUT2D eigenvalue weighted by Crippen LogP contribution is -2.28. The Balaban J connectivity index is 2.30. The molecule has 0 aliphatic heterocycles. The summed E-state index contributed by atoms with van der Waals surface area (Å²) in [5, 5.41) is 16.8. The van der Waals surface area contributed by atoms with Gasteiger partial charge in [-0.1, -0.05) is 5.16 Å². The maximum Gasteiger partial charge on any atom is 0.357 e. The van der Waals surface area contributed by atoms with Gasteiger partial charge in [0.1, 0.15) is 5.76 Å². The van der Waals surface area contributed by atoms with E-state index in [-0.39, 0.29) is 35.5 Å². The molecular weight excluding hydrogens is 282 g/mol. The second-order valence-electron chi connectivity index (χ2n) is 4.25. The van der Waals surface area contributed by atoms with Gasteiger partial charge in [-0.3, -0.25) is 4.79 Å². The molecule has 0 saturated carbocycles. The summed E-state index contributed by atoms with van der Waals surface area (Å²) in [6.45, 7) is 2.66. The van der Waals surface area contributed by atoms with Crippen LogP contribution in [0.5, 0.6) is 0 Å². The molecule has 114 valence electrons. The number of hydrogen-bond acceptors (Lipinski definition) is 7. The van der Waals surface area contributed by atoms with Crippen molar-refractivity contribution in [3.63, 3.8) is 0 Å². The Hall–Kier alpha value is -2.26. The molecule has 0 aliphatic rings. The predicted molar refractivity (Wildman–Crippen MR) is 70.5 cm³/mol. The SMILES string of the molecule is COCCOCCn1nc(C(=O)O)c2c(C)onc2c1=O. The van der Waals surface area contributed by atoms with Crippen molar-refractivity contribution >= 4 is 16.9 Å². The van der Waals surface area contributed by atoms with Crippen molar-refractivity contribution in [2.75, 3.05) is 26.9 Å². The summed E-state index contributed by atoms with van der Waals surface area (Å²) >= 11 is 0. The lowest BCUT2D eigenvalue weighted by molar-refractivity contribution is 0.0637. The zero-order valence-electron chi connectivity index (χ0n) is 11.7. The fourth-order valence-corrected chi connectivity index (χ4v) is 1.83. The molecule has 0 atom stereocenters. The summed E-state index contributed by atoms with van der Waals surface area (Å²) in [5.74, 6) is -1.00. The molecular formula is C12H15N3O6. The van der Waals surface area contributed by atoms with E-state index >= 15 is 0 Å². The molecule has 9 nitrogen and oxygen atoms in total. The van der Waals surface area contributed by atoms with E-state index in [2.05, 4.69) is 10.3 Å². The van der Waals surface area contributed by atoms with Gasteiger partial charge in [-0.15, -0.1) is 0 Å². The van der Waals surface area contributed by atoms with Crippen LogP contribution in [0.15, 0.2) is 9.32 Å². The number of rotatable bonds is 7. The summed E-state index contributed by atoms with van der Waals surface area (Å²) in [6, 6.07) is 0. The first-order chi connectivity index (χ1) is 10.1. The molecule has 0 amide bonds. The number of ether oxygens (including phenoxy) is 2. The first kappa shape index (κ1) is 15.1. The number of aromatic carboxylic acids is 1. The number of carboxylic acids is 1. The van der Waals surface area contributed by atoms with Crippen molar-refractivity contribution in [3.8, 4) is 0 Å². The van der Waals surface area contributed by atoms with Crippen molar-refractivity contribution in [1.82, 2.24) is 14.9 Å². The van der Waals surface area contributed by atoms with Gasteiger partial charge in [0.25, 0.3) is 5.56 Å². The van der Waals surface area contributed by atoms with Gasteiger partial charge in [-0.25, -0.2) is 9.48 Å². The molecule has 0 bridgehead atoms. The van der Waals surface area contributed by atoms with Gasteiger partial charge in [0.2, 0.25) is 0 Å². The molecule has 2 aromatic heterocycles. The van der Waals surface area contributed by atoms with Gasteiger partial charge in [0.05, 0.1) is 31.8 Å². The van der Waals surface area contributed by atoms with E-state index in [1.54, 1.807) is 7.11 Å². The zero-order valence-corrected chi connectivity index (χ0v) is 11.7. The minimum absolute atomic E-state index is 0.0446. The van der Waals surface area contributed by atoms with E-state index in [4.69, 9.17) is 14.0 Å². The minimum atomic E-state index is -1.25. The second kappa shape index (κ2) is 6.46. The molecule has 0 spiro atoms. The van der Waals surface area contributed by atoms with Gasteiger partial charge in [0.15, 0.2) is 11.2 Å². The topological polar surface area (TPSA) is 117 Å².